The van der Waals surface area contributed by atoms with Gasteiger partial charge in [-0.15, -0.1) is 10.2 Å². The van der Waals surface area contributed by atoms with Crippen molar-refractivity contribution < 1.29 is 12.8 Å². The van der Waals surface area contributed by atoms with Crippen LogP contribution < -0.4 is 4.72 Å². The van der Waals surface area contributed by atoms with Crippen molar-refractivity contribution in [2.75, 3.05) is 5.75 Å². The highest BCUT2D eigenvalue weighted by Gasteiger charge is 2.27. The van der Waals surface area contributed by atoms with Crippen LogP contribution in [0.5, 0.6) is 0 Å². The minimum absolute atomic E-state index is 0.116. The average Bonchev–Trinajstić information content (AvgIpc) is 3.19. The lowest BCUT2D eigenvalue weighted by molar-refractivity contribution is 0.390. The molecule has 1 saturated carbocycles. The molecule has 1 N–H and O–H groups in total. The first-order chi connectivity index (χ1) is 15.9. The lowest BCUT2D eigenvalue weighted by atomic mass is 9.91. The second-order valence-electron chi connectivity index (χ2n) is 8.54. The fourth-order valence-electron chi connectivity index (χ4n) is 4.23. The third kappa shape index (κ3) is 6.22. The number of hydrogen-bond donors (Lipinski definition) is 1. The number of thioether (sulfide) groups is 1. The number of rotatable bonds is 9. The van der Waals surface area contributed by atoms with E-state index in [-0.39, 0.29) is 4.90 Å². The zero-order valence-corrected chi connectivity index (χ0v) is 20.3. The second-order valence-corrected chi connectivity index (χ2v) is 11.2. The Kier molecular flexibility index (Phi) is 7.82. The molecule has 6 nitrogen and oxygen atoms in total. The minimum atomic E-state index is -3.97. The normalized spacial score (nSPS) is 16.1. The van der Waals surface area contributed by atoms with Crippen LogP contribution in [-0.2, 0) is 23.5 Å². The Balaban J connectivity index is 1.57. The van der Waals surface area contributed by atoms with Gasteiger partial charge >= 0.3 is 0 Å². The van der Waals surface area contributed by atoms with Crippen molar-refractivity contribution in [2.45, 2.75) is 54.6 Å². The van der Waals surface area contributed by atoms with Crippen molar-refractivity contribution in [1.29, 1.82) is 0 Å². The van der Waals surface area contributed by atoms with E-state index in [1.807, 2.05) is 41.9 Å². The maximum absolute atomic E-state index is 13.7. The molecular formula is C24H29FN4O2S2. The quantitative estimate of drug-likeness (QED) is 0.434. The molecule has 1 aliphatic carbocycles. The van der Waals surface area contributed by atoms with Gasteiger partial charge in [0.15, 0.2) is 11.0 Å². The first kappa shape index (κ1) is 23.9. The molecule has 0 bridgehead atoms. The average molecular weight is 489 g/mol. The van der Waals surface area contributed by atoms with Gasteiger partial charge in [0.1, 0.15) is 5.82 Å². The van der Waals surface area contributed by atoms with Crippen molar-refractivity contribution in [3.8, 4) is 0 Å². The van der Waals surface area contributed by atoms with Crippen molar-refractivity contribution in [1.82, 2.24) is 19.5 Å². The molecule has 0 saturated heterocycles. The van der Waals surface area contributed by atoms with Crippen LogP contribution in [-0.4, -0.2) is 28.9 Å². The van der Waals surface area contributed by atoms with E-state index in [9.17, 15) is 12.8 Å². The summed E-state index contributed by atoms with van der Waals surface area (Å²) in [5.41, 5.74) is 0.962. The monoisotopic (exact) mass is 488 g/mol. The molecular weight excluding hydrogens is 459 g/mol. The maximum Gasteiger partial charge on any atom is 0.241 e. The molecule has 176 valence electrons. The second kappa shape index (κ2) is 10.8. The standard InChI is InChI=1S/C24H29FN4O2S2/c1-29-23(26-27-24(29)32-17-19-11-6-3-7-12-19)22(15-18-9-4-2-5-10-18)28-33(30,31)21-14-8-13-20(25)16-21/h2,4-5,8-10,13-14,16,19,22,28H,3,6-7,11-12,15,17H2,1H3. The molecule has 1 unspecified atom stereocenters. The number of sulfonamides is 1. The van der Waals surface area contributed by atoms with Gasteiger partial charge in [-0.2, -0.15) is 0 Å². The van der Waals surface area contributed by atoms with Gasteiger partial charge in [0, 0.05) is 12.8 Å². The largest absolute Gasteiger partial charge is 0.308 e. The highest BCUT2D eigenvalue weighted by atomic mass is 32.2. The van der Waals surface area contributed by atoms with Crippen LogP contribution in [0.4, 0.5) is 4.39 Å². The summed E-state index contributed by atoms with van der Waals surface area (Å²) >= 11 is 1.68. The van der Waals surface area contributed by atoms with Gasteiger partial charge in [0.25, 0.3) is 0 Å². The summed E-state index contributed by atoms with van der Waals surface area (Å²) in [4.78, 5) is -0.116. The fourth-order valence-corrected chi connectivity index (χ4v) is 6.56. The highest BCUT2D eigenvalue weighted by molar-refractivity contribution is 7.99. The molecule has 1 atom stereocenters. The minimum Gasteiger partial charge on any atom is -0.308 e. The van der Waals surface area contributed by atoms with Gasteiger partial charge < -0.3 is 4.57 Å². The van der Waals surface area contributed by atoms with Gasteiger partial charge in [-0.05, 0) is 48.9 Å². The summed E-state index contributed by atoms with van der Waals surface area (Å²) in [5.74, 6) is 1.61. The van der Waals surface area contributed by atoms with E-state index in [1.54, 1.807) is 11.8 Å². The van der Waals surface area contributed by atoms with Crippen molar-refractivity contribution in [3.63, 3.8) is 0 Å². The van der Waals surface area contributed by atoms with Gasteiger partial charge in [0.2, 0.25) is 10.0 Å². The first-order valence-corrected chi connectivity index (χ1v) is 13.7. The summed E-state index contributed by atoms with van der Waals surface area (Å²) in [5, 5.41) is 9.50. The van der Waals surface area contributed by atoms with Crippen LogP contribution in [0.3, 0.4) is 0 Å². The molecule has 1 aromatic heterocycles. The van der Waals surface area contributed by atoms with Gasteiger partial charge in [-0.25, -0.2) is 17.5 Å². The molecule has 0 spiro atoms. The van der Waals surface area contributed by atoms with Gasteiger partial charge in [-0.3, -0.25) is 0 Å². The van der Waals surface area contributed by atoms with E-state index in [0.29, 0.717) is 18.2 Å². The summed E-state index contributed by atoms with van der Waals surface area (Å²) in [7, 11) is -2.10. The van der Waals surface area contributed by atoms with Crippen LogP contribution in [0.1, 0.15) is 49.5 Å². The number of hydrogen-bond acceptors (Lipinski definition) is 5. The van der Waals surface area contributed by atoms with Crippen molar-refractivity contribution >= 4 is 21.8 Å². The first-order valence-electron chi connectivity index (χ1n) is 11.3. The van der Waals surface area contributed by atoms with E-state index in [0.717, 1.165) is 22.5 Å². The summed E-state index contributed by atoms with van der Waals surface area (Å²) in [6, 6.07) is 14.0. The zero-order chi connectivity index (χ0) is 23.3. The van der Waals surface area contributed by atoms with Crippen LogP contribution in [0.2, 0.25) is 0 Å². The third-order valence-electron chi connectivity index (χ3n) is 6.04. The number of benzene rings is 2. The molecule has 9 heteroatoms. The molecule has 1 heterocycles. The molecule has 2 aromatic carbocycles. The Hall–Kier alpha value is -2.23. The molecule has 4 rings (SSSR count). The van der Waals surface area contributed by atoms with E-state index in [4.69, 9.17) is 0 Å². The summed E-state index contributed by atoms with van der Waals surface area (Å²) in [6.07, 6.45) is 6.80. The fraction of sp³-hybridized carbons (Fsp3) is 0.417. The Labute approximate surface area is 199 Å². The number of nitrogens with zero attached hydrogens (tertiary/aromatic N) is 3. The highest BCUT2D eigenvalue weighted by Crippen LogP contribution is 2.30. The van der Waals surface area contributed by atoms with E-state index < -0.39 is 21.9 Å². The SMILES string of the molecule is Cn1c(SCC2CCCCC2)nnc1C(Cc1ccccc1)NS(=O)(=O)c1cccc(F)c1. The Bertz CT molecular complexity index is 1160. The molecule has 0 radical (unpaired) electrons. The number of aromatic nitrogens is 3. The molecule has 1 aliphatic rings. The predicted molar refractivity (Wildman–Crippen MR) is 128 cm³/mol. The van der Waals surface area contributed by atoms with Crippen molar-refractivity contribution in [2.24, 2.45) is 13.0 Å². The number of nitrogens with one attached hydrogen (secondary N) is 1. The predicted octanol–water partition coefficient (Wildman–Crippen LogP) is 4.89. The zero-order valence-electron chi connectivity index (χ0n) is 18.7. The van der Waals surface area contributed by atoms with Crippen molar-refractivity contribution in [3.05, 3.63) is 71.8 Å². The topological polar surface area (TPSA) is 76.9 Å². The van der Waals surface area contributed by atoms with E-state index >= 15 is 0 Å². The van der Waals surface area contributed by atoms with Crippen LogP contribution in [0.15, 0.2) is 64.6 Å². The van der Waals surface area contributed by atoms with E-state index in [2.05, 4.69) is 14.9 Å². The molecule has 0 aliphatic heterocycles. The Morgan fingerprint density at radius 2 is 1.85 bits per heavy atom. The lowest BCUT2D eigenvalue weighted by Crippen LogP contribution is -2.32. The van der Waals surface area contributed by atoms with Crippen LogP contribution >= 0.6 is 11.8 Å². The summed E-state index contributed by atoms with van der Waals surface area (Å²) in [6.45, 7) is 0. The van der Waals surface area contributed by atoms with Crippen LogP contribution in [0.25, 0.3) is 0 Å². The van der Waals surface area contributed by atoms with E-state index in [1.165, 1.54) is 50.3 Å². The Morgan fingerprint density at radius 3 is 2.58 bits per heavy atom. The van der Waals surface area contributed by atoms with Crippen LogP contribution in [0, 0.1) is 11.7 Å². The molecule has 1 fully saturated rings. The molecule has 3 aromatic rings. The molecule has 0 amide bonds. The summed E-state index contributed by atoms with van der Waals surface area (Å²) < 4.78 is 44.4. The van der Waals surface area contributed by atoms with Gasteiger partial charge in [-0.1, -0.05) is 67.4 Å². The smallest absolute Gasteiger partial charge is 0.241 e. The third-order valence-corrected chi connectivity index (χ3v) is 8.76. The molecule has 33 heavy (non-hydrogen) atoms. The maximum atomic E-state index is 13.7. The van der Waals surface area contributed by atoms with Gasteiger partial charge in [0.05, 0.1) is 10.9 Å². The Morgan fingerprint density at radius 1 is 1.09 bits per heavy atom. The lowest BCUT2D eigenvalue weighted by Gasteiger charge is -2.21. The number of halogens is 1.